The second-order valence-electron chi connectivity index (χ2n) is 2.57. The molecule has 2 rings (SSSR count). The Hall–Kier alpha value is -0.400. The van der Waals surface area contributed by atoms with Crippen LogP contribution in [0.5, 0.6) is 0 Å². The lowest BCUT2D eigenvalue weighted by Gasteiger charge is -1.93. The van der Waals surface area contributed by atoms with Crippen molar-refractivity contribution in [3.63, 3.8) is 0 Å². The Balaban J connectivity index is 2.06. The average molecular weight is 96.1 g/mol. The van der Waals surface area contributed by atoms with Crippen LogP contribution in [-0.2, 0) is 0 Å². The molecule has 1 heterocycles. The van der Waals surface area contributed by atoms with E-state index in [4.69, 9.17) is 0 Å². The quantitative estimate of drug-likeness (QED) is 0.473. The zero-order chi connectivity index (χ0) is 4.91. The molecule has 2 nitrogen and oxygen atoms in total. The Morgan fingerprint density at radius 3 is 2.14 bits per heavy atom. The van der Waals surface area contributed by atoms with E-state index in [1.54, 1.807) is 0 Å². The SMILES string of the molecule is CC1(C2CC2)N=N1. The van der Waals surface area contributed by atoms with Crippen LogP contribution in [0.25, 0.3) is 0 Å². The molecule has 7 heavy (non-hydrogen) atoms. The summed E-state index contributed by atoms with van der Waals surface area (Å²) in [5.41, 5.74) is 0.111. The molecule has 38 valence electrons. The molecule has 0 amide bonds. The molecular formula is C5H8N2. The summed E-state index contributed by atoms with van der Waals surface area (Å²) in [6, 6.07) is 0. The molecule has 0 radical (unpaired) electrons. The van der Waals surface area contributed by atoms with E-state index >= 15 is 0 Å². The molecule has 0 bridgehead atoms. The normalized spacial score (nSPS) is 33.3. The fourth-order valence-corrected chi connectivity index (χ4v) is 0.872. The highest BCUT2D eigenvalue weighted by Crippen LogP contribution is 2.49. The van der Waals surface area contributed by atoms with E-state index in [9.17, 15) is 0 Å². The molecule has 1 saturated carbocycles. The van der Waals surface area contributed by atoms with Gasteiger partial charge in [0.2, 0.25) is 0 Å². The van der Waals surface area contributed by atoms with E-state index in [2.05, 4.69) is 17.2 Å². The predicted molar refractivity (Wildman–Crippen MR) is 26.0 cm³/mol. The highest BCUT2D eigenvalue weighted by Gasteiger charge is 2.49. The van der Waals surface area contributed by atoms with Crippen LogP contribution in [0.15, 0.2) is 10.2 Å². The number of hydrogen-bond donors (Lipinski definition) is 0. The van der Waals surface area contributed by atoms with Crippen LogP contribution >= 0.6 is 0 Å². The maximum absolute atomic E-state index is 3.92. The van der Waals surface area contributed by atoms with Crippen LogP contribution < -0.4 is 0 Å². The molecule has 2 heteroatoms. The van der Waals surface area contributed by atoms with Gasteiger partial charge in [-0.1, -0.05) is 0 Å². The number of hydrogen-bond acceptors (Lipinski definition) is 2. The minimum Gasteiger partial charge on any atom is -0.159 e. The summed E-state index contributed by atoms with van der Waals surface area (Å²) >= 11 is 0. The third-order valence-electron chi connectivity index (χ3n) is 1.77. The molecule has 0 aromatic rings. The first-order chi connectivity index (χ1) is 3.31. The lowest BCUT2D eigenvalue weighted by molar-refractivity contribution is 0.578. The van der Waals surface area contributed by atoms with E-state index in [-0.39, 0.29) is 5.66 Å². The summed E-state index contributed by atoms with van der Waals surface area (Å²) in [5.74, 6) is 0.826. The van der Waals surface area contributed by atoms with Gasteiger partial charge in [0.25, 0.3) is 0 Å². The molecule has 1 fully saturated rings. The molecule has 0 saturated heterocycles. The first kappa shape index (κ1) is 3.58. The maximum Gasteiger partial charge on any atom is 0.191 e. The third-order valence-corrected chi connectivity index (χ3v) is 1.77. The Morgan fingerprint density at radius 2 is 2.00 bits per heavy atom. The maximum atomic E-state index is 3.92. The monoisotopic (exact) mass is 96.1 g/mol. The van der Waals surface area contributed by atoms with Gasteiger partial charge in [0.05, 0.1) is 0 Å². The summed E-state index contributed by atoms with van der Waals surface area (Å²) in [5, 5.41) is 7.84. The van der Waals surface area contributed by atoms with Crippen molar-refractivity contribution in [1.29, 1.82) is 0 Å². The fraction of sp³-hybridized carbons (Fsp3) is 1.00. The van der Waals surface area contributed by atoms with Crippen LogP contribution in [0.3, 0.4) is 0 Å². The van der Waals surface area contributed by atoms with Gasteiger partial charge in [0.15, 0.2) is 5.66 Å². The van der Waals surface area contributed by atoms with Crippen molar-refractivity contribution < 1.29 is 0 Å². The molecule has 0 N–H and O–H groups in total. The molecular weight excluding hydrogens is 88.1 g/mol. The van der Waals surface area contributed by atoms with Crippen molar-refractivity contribution in [2.24, 2.45) is 16.1 Å². The molecule has 0 aromatic heterocycles. The van der Waals surface area contributed by atoms with Gasteiger partial charge < -0.3 is 0 Å². The van der Waals surface area contributed by atoms with Crippen molar-refractivity contribution in [3.8, 4) is 0 Å². The summed E-state index contributed by atoms with van der Waals surface area (Å²) in [6.07, 6.45) is 2.70. The Kier molecular flexibility index (Phi) is 0.382. The minimum absolute atomic E-state index is 0.111. The van der Waals surface area contributed by atoms with Crippen molar-refractivity contribution >= 4 is 0 Å². The number of rotatable bonds is 1. The summed E-state index contributed by atoms with van der Waals surface area (Å²) < 4.78 is 0. The smallest absolute Gasteiger partial charge is 0.159 e. The second-order valence-corrected chi connectivity index (χ2v) is 2.57. The van der Waals surface area contributed by atoms with Crippen LogP contribution in [0.1, 0.15) is 19.8 Å². The summed E-state index contributed by atoms with van der Waals surface area (Å²) in [4.78, 5) is 0. The van der Waals surface area contributed by atoms with E-state index in [1.807, 2.05) is 0 Å². The van der Waals surface area contributed by atoms with Crippen molar-refractivity contribution in [2.45, 2.75) is 25.4 Å². The van der Waals surface area contributed by atoms with Gasteiger partial charge in [0.1, 0.15) is 0 Å². The Bertz CT molecular complexity index is 118. The second kappa shape index (κ2) is 0.746. The zero-order valence-electron chi connectivity index (χ0n) is 4.39. The van der Waals surface area contributed by atoms with E-state index in [1.165, 1.54) is 12.8 Å². The first-order valence-corrected chi connectivity index (χ1v) is 2.75. The van der Waals surface area contributed by atoms with E-state index in [0.29, 0.717) is 0 Å². The largest absolute Gasteiger partial charge is 0.191 e. The molecule has 1 aliphatic heterocycles. The highest BCUT2D eigenvalue weighted by atomic mass is 15.4. The first-order valence-electron chi connectivity index (χ1n) is 2.75. The molecule has 0 unspecified atom stereocenters. The lowest BCUT2D eigenvalue weighted by atomic mass is 10.2. The average Bonchev–Trinajstić information content (AvgIpc) is 2.14. The molecule has 2 aliphatic rings. The minimum atomic E-state index is 0.111. The van der Waals surface area contributed by atoms with Crippen molar-refractivity contribution in [2.75, 3.05) is 0 Å². The molecule has 0 aromatic carbocycles. The van der Waals surface area contributed by atoms with Gasteiger partial charge in [-0.15, -0.1) is 0 Å². The molecule has 0 spiro atoms. The fourth-order valence-electron chi connectivity index (χ4n) is 0.872. The lowest BCUT2D eigenvalue weighted by Crippen LogP contribution is -2.05. The third kappa shape index (κ3) is 0.392. The predicted octanol–water partition coefficient (Wildman–Crippen LogP) is 1.58. The van der Waals surface area contributed by atoms with Crippen LogP contribution in [0, 0.1) is 5.92 Å². The van der Waals surface area contributed by atoms with E-state index in [0.717, 1.165) is 5.92 Å². The van der Waals surface area contributed by atoms with Gasteiger partial charge in [0, 0.05) is 5.92 Å². The van der Waals surface area contributed by atoms with Crippen LogP contribution in [-0.4, -0.2) is 5.66 Å². The highest BCUT2D eigenvalue weighted by molar-refractivity contribution is 5.01. The molecule has 1 aliphatic carbocycles. The number of nitrogens with zero attached hydrogens (tertiary/aromatic N) is 2. The van der Waals surface area contributed by atoms with Gasteiger partial charge >= 0.3 is 0 Å². The van der Waals surface area contributed by atoms with Crippen LogP contribution in [0.2, 0.25) is 0 Å². The van der Waals surface area contributed by atoms with E-state index < -0.39 is 0 Å². The summed E-state index contributed by atoms with van der Waals surface area (Å²) in [7, 11) is 0. The Labute approximate surface area is 42.6 Å². The zero-order valence-corrected chi connectivity index (χ0v) is 4.39. The van der Waals surface area contributed by atoms with Crippen molar-refractivity contribution in [1.82, 2.24) is 0 Å². The van der Waals surface area contributed by atoms with Crippen molar-refractivity contribution in [3.05, 3.63) is 0 Å². The van der Waals surface area contributed by atoms with Crippen LogP contribution in [0.4, 0.5) is 0 Å². The standard InChI is InChI=1S/C5H8N2/c1-5(6-7-5)4-2-3-4/h4H,2-3H2,1H3. The van der Waals surface area contributed by atoms with Gasteiger partial charge in [-0.05, 0) is 19.8 Å². The van der Waals surface area contributed by atoms with Gasteiger partial charge in [-0.3, -0.25) is 0 Å². The Morgan fingerprint density at radius 1 is 1.43 bits per heavy atom. The van der Waals surface area contributed by atoms with Gasteiger partial charge in [-0.25, -0.2) is 0 Å². The summed E-state index contributed by atoms with van der Waals surface area (Å²) in [6.45, 7) is 2.10. The van der Waals surface area contributed by atoms with Gasteiger partial charge in [-0.2, -0.15) is 10.2 Å². The topological polar surface area (TPSA) is 24.7 Å². The molecule has 0 atom stereocenters.